The van der Waals surface area contributed by atoms with Gasteiger partial charge in [0, 0.05) is 24.9 Å². The topological polar surface area (TPSA) is 70.0 Å². The summed E-state index contributed by atoms with van der Waals surface area (Å²) in [7, 11) is 0. The summed E-state index contributed by atoms with van der Waals surface area (Å²) < 4.78 is 0. The quantitative estimate of drug-likeness (QED) is 0.804. The third kappa shape index (κ3) is 4.02. The van der Waals surface area contributed by atoms with Crippen molar-refractivity contribution < 1.29 is 9.59 Å². The highest BCUT2D eigenvalue weighted by atomic mass is 16.1. The van der Waals surface area contributed by atoms with Gasteiger partial charge in [-0.1, -0.05) is 30.3 Å². The molecule has 2 atom stereocenters. The Bertz CT molecular complexity index is 462. The molecule has 0 aliphatic carbocycles. The molecule has 0 bridgehead atoms. The highest BCUT2D eigenvalue weighted by Gasteiger charge is 2.21. The maximum Gasteiger partial charge on any atom is 0.217 e. The molecule has 4 nitrogen and oxygen atoms in total. The molecule has 1 N–H and O–H groups in total. The van der Waals surface area contributed by atoms with Gasteiger partial charge in [-0.05, 0) is 6.92 Å². The minimum atomic E-state index is -0.512. The first-order valence-corrected chi connectivity index (χ1v) is 5.79. The Morgan fingerprint density at radius 3 is 2.44 bits per heavy atom. The van der Waals surface area contributed by atoms with E-state index in [-0.39, 0.29) is 24.2 Å². The number of carbonyl (C=O) groups excluding carboxylic acids is 2. The van der Waals surface area contributed by atoms with Crippen molar-refractivity contribution >= 4 is 11.7 Å². The predicted molar refractivity (Wildman–Crippen MR) is 67.8 cm³/mol. The largest absolute Gasteiger partial charge is 0.353 e. The second-order valence-electron chi connectivity index (χ2n) is 4.22. The van der Waals surface area contributed by atoms with Gasteiger partial charge in [-0.3, -0.25) is 9.59 Å². The van der Waals surface area contributed by atoms with Crippen molar-refractivity contribution in [3.63, 3.8) is 0 Å². The zero-order chi connectivity index (χ0) is 13.5. The maximum atomic E-state index is 11.9. The van der Waals surface area contributed by atoms with E-state index in [1.54, 1.807) is 31.2 Å². The molecule has 0 fully saturated rings. The van der Waals surface area contributed by atoms with Crippen LogP contribution in [0.25, 0.3) is 0 Å². The highest BCUT2D eigenvalue weighted by molar-refractivity contribution is 5.96. The second-order valence-corrected chi connectivity index (χ2v) is 4.22. The Hall–Kier alpha value is -2.15. The lowest BCUT2D eigenvalue weighted by atomic mass is 9.94. The van der Waals surface area contributed by atoms with E-state index in [2.05, 4.69) is 11.4 Å². The third-order valence-corrected chi connectivity index (χ3v) is 2.70. The zero-order valence-corrected chi connectivity index (χ0v) is 10.5. The van der Waals surface area contributed by atoms with Crippen molar-refractivity contribution in [2.45, 2.75) is 26.3 Å². The average molecular weight is 244 g/mol. The molecule has 0 saturated carbocycles. The first-order valence-electron chi connectivity index (χ1n) is 5.79. The second kappa shape index (κ2) is 6.55. The minimum Gasteiger partial charge on any atom is -0.353 e. The lowest BCUT2D eigenvalue weighted by Crippen LogP contribution is -2.37. The molecule has 1 aromatic carbocycles. The molecule has 2 unspecified atom stereocenters. The average Bonchev–Trinajstić information content (AvgIpc) is 2.35. The van der Waals surface area contributed by atoms with Crippen molar-refractivity contribution in [1.82, 2.24) is 5.32 Å². The third-order valence-electron chi connectivity index (χ3n) is 2.70. The first kappa shape index (κ1) is 13.9. The normalized spacial score (nSPS) is 13.2. The van der Waals surface area contributed by atoms with E-state index < -0.39 is 5.92 Å². The monoisotopic (exact) mass is 244 g/mol. The van der Waals surface area contributed by atoms with Gasteiger partial charge in [-0.15, -0.1) is 0 Å². The van der Waals surface area contributed by atoms with Gasteiger partial charge in [-0.2, -0.15) is 5.26 Å². The van der Waals surface area contributed by atoms with Crippen molar-refractivity contribution in [2.24, 2.45) is 5.92 Å². The molecule has 94 valence electrons. The van der Waals surface area contributed by atoms with Crippen LogP contribution >= 0.6 is 0 Å². The number of rotatable bonds is 5. The van der Waals surface area contributed by atoms with E-state index in [0.29, 0.717) is 5.56 Å². The van der Waals surface area contributed by atoms with Crippen molar-refractivity contribution in [3.05, 3.63) is 35.9 Å². The Morgan fingerprint density at radius 2 is 1.94 bits per heavy atom. The van der Waals surface area contributed by atoms with E-state index >= 15 is 0 Å². The van der Waals surface area contributed by atoms with Gasteiger partial charge < -0.3 is 5.32 Å². The molecule has 0 spiro atoms. The van der Waals surface area contributed by atoms with Crippen molar-refractivity contribution in [2.75, 3.05) is 0 Å². The molecule has 4 heteroatoms. The molecule has 1 aromatic rings. The molecule has 0 heterocycles. The summed E-state index contributed by atoms with van der Waals surface area (Å²) in [6.45, 7) is 3.12. The summed E-state index contributed by atoms with van der Waals surface area (Å²) in [5.41, 5.74) is 0.591. The number of amides is 1. The van der Waals surface area contributed by atoms with Gasteiger partial charge >= 0.3 is 0 Å². The number of hydrogen-bond donors (Lipinski definition) is 1. The first-order chi connectivity index (χ1) is 8.54. The van der Waals surface area contributed by atoms with Crippen LogP contribution in [0.2, 0.25) is 0 Å². The number of nitrogens with zero attached hydrogens (tertiary/aromatic N) is 1. The Labute approximate surface area is 107 Å². The molecule has 0 saturated heterocycles. The fourth-order valence-corrected chi connectivity index (χ4v) is 1.70. The number of ketones is 1. The lowest BCUT2D eigenvalue weighted by molar-refractivity contribution is -0.119. The van der Waals surface area contributed by atoms with Crippen LogP contribution in [0.1, 0.15) is 30.6 Å². The Balaban J connectivity index is 2.67. The van der Waals surface area contributed by atoms with Crippen LogP contribution in [-0.2, 0) is 4.79 Å². The SMILES string of the molecule is CC(=O)NC(C)C(C#N)CC(=O)c1ccccc1. The summed E-state index contributed by atoms with van der Waals surface area (Å²) in [4.78, 5) is 22.9. The summed E-state index contributed by atoms with van der Waals surface area (Å²) >= 11 is 0. The zero-order valence-electron chi connectivity index (χ0n) is 10.5. The van der Waals surface area contributed by atoms with Gasteiger partial charge in [0.15, 0.2) is 5.78 Å². The standard InChI is InChI=1S/C14H16N2O2/c1-10(16-11(2)17)13(9-15)8-14(18)12-6-4-3-5-7-12/h3-7,10,13H,8H2,1-2H3,(H,16,17). The predicted octanol–water partition coefficient (Wildman–Crippen LogP) is 1.92. The Kier molecular flexibility index (Phi) is 5.06. The van der Waals surface area contributed by atoms with Crippen LogP contribution in [0.4, 0.5) is 0 Å². The van der Waals surface area contributed by atoms with Gasteiger partial charge in [-0.25, -0.2) is 0 Å². The van der Waals surface area contributed by atoms with Crippen molar-refractivity contribution in [1.29, 1.82) is 5.26 Å². The molecule has 0 aliphatic heterocycles. The van der Waals surface area contributed by atoms with Gasteiger partial charge in [0.1, 0.15) is 0 Å². The van der Waals surface area contributed by atoms with E-state index in [0.717, 1.165) is 0 Å². The molecule has 1 rings (SSSR count). The number of Topliss-reactive ketones (excluding diaryl/α,β-unsaturated/α-hetero) is 1. The Morgan fingerprint density at radius 1 is 1.33 bits per heavy atom. The number of hydrogen-bond acceptors (Lipinski definition) is 3. The summed E-state index contributed by atoms with van der Waals surface area (Å²) in [6, 6.07) is 10.6. The number of carbonyl (C=O) groups is 2. The van der Waals surface area contributed by atoms with Crippen LogP contribution in [0, 0.1) is 17.2 Å². The van der Waals surface area contributed by atoms with Gasteiger partial charge in [0.25, 0.3) is 0 Å². The molecule has 0 aromatic heterocycles. The summed E-state index contributed by atoms with van der Waals surface area (Å²) in [6.07, 6.45) is 0.113. The minimum absolute atomic E-state index is 0.0839. The molecule has 0 aliphatic rings. The number of nitriles is 1. The fraction of sp³-hybridized carbons (Fsp3) is 0.357. The van der Waals surface area contributed by atoms with Crippen LogP contribution < -0.4 is 5.32 Å². The maximum absolute atomic E-state index is 11.9. The summed E-state index contributed by atoms with van der Waals surface area (Å²) in [5.74, 6) is -0.795. The van der Waals surface area contributed by atoms with E-state index in [1.165, 1.54) is 6.92 Å². The van der Waals surface area contributed by atoms with E-state index in [4.69, 9.17) is 5.26 Å². The fourth-order valence-electron chi connectivity index (χ4n) is 1.70. The smallest absolute Gasteiger partial charge is 0.217 e. The van der Waals surface area contributed by atoms with E-state index in [9.17, 15) is 9.59 Å². The van der Waals surface area contributed by atoms with Crippen LogP contribution in [0.15, 0.2) is 30.3 Å². The molecule has 1 amide bonds. The molecular weight excluding hydrogens is 228 g/mol. The van der Waals surface area contributed by atoms with Gasteiger partial charge in [0.05, 0.1) is 12.0 Å². The van der Waals surface area contributed by atoms with Crippen LogP contribution in [0.3, 0.4) is 0 Å². The highest BCUT2D eigenvalue weighted by Crippen LogP contribution is 2.13. The van der Waals surface area contributed by atoms with Crippen molar-refractivity contribution in [3.8, 4) is 6.07 Å². The molecular formula is C14H16N2O2. The van der Waals surface area contributed by atoms with Crippen LogP contribution in [0.5, 0.6) is 0 Å². The molecule has 0 radical (unpaired) electrons. The number of nitrogens with one attached hydrogen (secondary N) is 1. The molecule has 18 heavy (non-hydrogen) atoms. The number of benzene rings is 1. The lowest BCUT2D eigenvalue weighted by Gasteiger charge is -2.17. The van der Waals surface area contributed by atoms with Gasteiger partial charge in [0.2, 0.25) is 5.91 Å². The van der Waals surface area contributed by atoms with E-state index in [1.807, 2.05) is 6.07 Å². The summed E-state index contributed by atoms with van der Waals surface area (Å²) in [5, 5.41) is 11.7. The van der Waals surface area contributed by atoms with Crippen LogP contribution in [-0.4, -0.2) is 17.7 Å².